The molecule has 0 radical (unpaired) electrons. The van der Waals surface area contributed by atoms with Crippen molar-refractivity contribution in [2.45, 2.75) is 32.9 Å². The van der Waals surface area contributed by atoms with Crippen molar-refractivity contribution in [2.24, 2.45) is 5.92 Å². The topological polar surface area (TPSA) is 86.8 Å². The first-order chi connectivity index (χ1) is 18.8. The third kappa shape index (κ3) is 8.94. The predicted octanol–water partition coefficient (Wildman–Crippen LogP) is 5.31. The van der Waals surface area contributed by atoms with Gasteiger partial charge in [0, 0.05) is 24.5 Å². The van der Waals surface area contributed by atoms with Crippen molar-refractivity contribution in [3.8, 4) is 0 Å². The van der Waals surface area contributed by atoms with Gasteiger partial charge in [-0.15, -0.1) is 0 Å². The van der Waals surface area contributed by atoms with Crippen molar-refractivity contribution in [2.75, 3.05) is 23.7 Å². The van der Waals surface area contributed by atoms with E-state index in [0.29, 0.717) is 17.1 Å². The molecular formula is C29H32Cl2FN3O4S. The summed E-state index contributed by atoms with van der Waals surface area (Å²) in [6, 6.07) is 18.1. The van der Waals surface area contributed by atoms with E-state index >= 15 is 0 Å². The zero-order chi connectivity index (χ0) is 29.4. The molecule has 0 aliphatic rings. The lowest BCUT2D eigenvalue weighted by molar-refractivity contribution is -0.140. The average Bonchev–Trinajstić information content (AvgIpc) is 2.89. The monoisotopic (exact) mass is 607 g/mol. The van der Waals surface area contributed by atoms with Gasteiger partial charge in [-0.2, -0.15) is 0 Å². The molecule has 0 bridgehead atoms. The van der Waals surface area contributed by atoms with Crippen LogP contribution in [-0.2, 0) is 32.6 Å². The molecule has 0 aromatic heterocycles. The quantitative estimate of drug-likeness (QED) is 0.302. The second-order valence-corrected chi connectivity index (χ2v) is 12.6. The first-order valence-electron chi connectivity index (χ1n) is 12.6. The van der Waals surface area contributed by atoms with Crippen LogP contribution in [0.15, 0.2) is 72.8 Å². The number of nitrogens with zero attached hydrogens (tertiary/aromatic N) is 2. The maximum absolute atomic E-state index is 14.0. The van der Waals surface area contributed by atoms with Crippen LogP contribution < -0.4 is 9.62 Å². The number of halogens is 3. The largest absolute Gasteiger partial charge is 0.354 e. The number of hydrogen-bond donors (Lipinski definition) is 1. The van der Waals surface area contributed by atoms with Gasteiger partial charge in [0.15, 0.2) is 0 Å². The van der Waals surface area contributed by atoms with E-state index in [1.807, 2.05) is 44.2 Å². The molecule has 1 atom stereocenters. The van der Waals surface area contributed by atoms with E-state index in [1.165, 1.54) is 47.4 Å². The van der Waals surface area contributed by atoms with Crippen LogP contribution in [0.25, 0.3) is 0 Å². The zero-order valence-electron chi connectivity index (χ0n) is 22.5. The van der Waals surface area contributed by atoms with Crippen molar-refractivity contribution < 1.29 is 22.4 Å². The minimum atomic E-state index is -3.98. The second-order valence-electron chi connectivity index (χ2n) is 9.86. The molecular weight excluding hydrogens is 576 g/mol. The van der Waals surface area contributed by atoms with Gasteiger partial charge in [-0.25, -0.2) is 12.8 Å². The van der Waals surface area contributed by atoms with E-state index in [9.17, 15) is 22.4 Å². The number of carbonyl (C=O) groups is 2. The molecule has 0 saturated carbocycles. The number of nitrogens with one attached hydrogen (secondary N) is 1. The maximum atomic E-state index is 14.0. The van der Waals surface area contributed by atoms with Crippen molar-refractivity contribution in [1.82, 2.24) is 10.2 Å². The smallest absolute Gasteiger partial charge is 0.244 e. The third-order valence-corrected chi connectivity index (χ3v) is 7.74. The Balaban J connectivity index is 2.06. The minimum absolute atomic E-state index is 0.0475. The molecule has 11 heteroatoms. The number of amides is 2. The summed E-state index contributed by atoms with van der Waals surface area (Å²) >= 11 is 12.3. The van der Waals surface area contributed by atoms with E-state index in [0.717, 1.165) is 16.1 Å². The van der Waals surface area contributed by atoms with Crippen LogP contribution >= 0.6 is 23.2 Å². The fraction of sp³-hybridized carbons (Fsp3) is 0.310. The van der Waals surface area contributed by atoms with Crippen LogP contribution in [0.4, 0.5) is 10.1 Å². The van der Waals surface area contributed by atoms with Gasteiger partial charge in [0.25, 0.3) is 0 Å². The maximum Gasteiger partial charge on any atom is 0.244 e. The van der Waals surface area contributed by atoms with Crippen LogP contribution in [0.2, 0.25) is 10.0 Å². The molecule has 3 aromatic carbocycles. The number of rotatable bonds is 12. The molecule has 0 saturated heterocycles. The number of anilines is 1. The Hall–Kier alpha value is -3.14. The molecule has 0 aliphatic heterocycles. The van der Waals surface area contributed by atoms with E-state index in [2.05, 4.69) is 5.32 Å². The molecule has 0 heterocycles. The van der Waals surface area contributed by atoms with Gasteiger partial charge in [0.1, 0.15) is 18.4 Å². The van der Waals surface area contributed by atoms with Crippen molar-refractivity contribution >= 4 is 50.7 Å². The summed E-state index contributed by atoms with van der Waals surface area (Å²) in [6.07, 6.45) is 1.14. The lowest BCUT2D eigenvalue weighted by atomic mass is 10.0. The molecule has 214 valence electrons. The Morgan fingerprint density at radius 1 is 0.950 bits per heavy atom. The molecule has 3 rings (SSSR count). The van der Waals surface area contributed by atoms with Gasteiger partial charge in [-0.1, -0.05) is 79.5 Å². The molecule has 0 spiro atoms. The predicted molar refractivity (Wildman–Crippen MR) is 157 cm³/mol. The number of sulfonamides is 1. The summed E-state index contributed by atoms with van der Waals surface area (Å²) in [6.45, 7) is 3.61. The van der Waals surface area contributed by atoms with Gasteiger partial charge in [0.05, 0.1) is 17.0 Å². The van der Waals surface area contributed by atoms with E-state index in [-0.39, 0.29) is 35.5 Å². The van der Waals surface area contributed by atoms with Crippen LogP contribution in [0.5, 0.6) is 0 Å². The zero-order valence-corrected chi connectivity index (χ0v) is 24.8. The van der Waals surface area contributed by atoms with Gasteiger partial charge in [-0.3, -0.25) is 13.9 Å². The van der Waals surface area contributed by atoms with Gasteiger partial charge in [0.2, 0.25) is 21.8 Å². The summed E-state index contributed by atoms with van der Waals surface area (Å²) in [7, 11) is -3.98. The second kappa shape index (κ2) is 14.0. The summed E-state index contributed by atoms with van der Waals surface area (Å²) < 4.78 is 40.2. The minimum Gasteiger partial charge on any atom is -0.354 e. The Bertz CT molecular complexity index is 1420. The van der Waals surface area contributed by atoms with Crippen molar-refractivity contribution in [3.63, 3.8) is 0 Å². The van der Waals surface area contributed by atoms with Crippen LogP contribution in [0.3, 0.4) is 0 Å². The molecule has 0 fully saturated rings. The normalized spacial score (nSPS) is 12.2. The van der Waals surface area contributed by atoms with Gasteiger partial charge in [-0.05, 0) is 47.4 Å². The number of hydrogen-bond acceptors (Lipinski definition) is 4. The Kier molecular flexibility index (Phi) is 11.0. The Labute approximate surface area is 244 Å². The first kappa shape index (κ1) is 31.4. The SMILES string of the molecule is CC(C)CNC(=O)C(Cc1ccccc1)N(Cc1ccc(F)cc1)C(=O)CN(c1ccc(Cl)cc1Cl)S(C)(=O)=O. The van der Waals surface area contributed by atoms with E-state index in [4.69, 9.17) is 23.2 Å². The average molecular weight is 609 g/mol. The lowest BCUT2D eigenvalue weighted by Gasteiger charge is -2.33. The van der Waals surface area contributed by atoms with Gasteiger partial charge >= 0.3 is 0 Å². The highest BCUT2D eigenvalue weighted by atomic mass is 35.5. The van der Waals surface area contributed by atoms with Crippen molar-refractivity contribution in [3.05, 3.63) is 99.8 Å². The first-order valence-corrected chi connectivity index (χ1v) is 15.2. The molecule has 0 aliphatic carbocycles. The summed E-state index contributed by atoms with van der Waals surface area (Å²) in [5.74, 6) is -1.31. The summed E-state index contributed by atoms with van der Waals surface area (Å²) in [5, 5.41) is 3.25. The van der Waals surface area contributed by atoms with Crippen molar-refractivity contribution in [1.29, 1.82) is 0 Å². The summed E-state index contributed by atoms with van der Waals surface area (Å²) in [4.78, 5) is 28.9. The Morgan fingerprint density at radius 3 is 2.17 bits per heavy atom. The molecule has 7 nitrogen and oxygen atoms in total. The highest BCUT2D eigenvalue weighted by Gasteiger charge is 2.33. The molecule has 3 aromatic rings. The molecule has 1 unspecified atom stereocenters. The number of benzene rings is 3. The van der Waals surface area contributed by atoms with Crippen LogP contribution in [-0.4, -0.2) is 50.5 Å². The fourth-order valence-electron chi connectivity index (χ4n) is 4.04. The van der Waals surface area contributed by atoms with E-state index < -0.39 is 34.3 Å². The highest BCUT2D eigenvalue weighted by molar-refractivity contribution is 7.92. The lowest BCUT2D eigenvalue weighted by Crippen LogP contribution is -2.53. The van der Waals surface area contributed by atoms with E-state index in [1.54, 1.807) is 0 Å². The number of carbonyl (C=O) groups excluding carboxylic acids is 2. The molecule has 1 N–H and O–H groups in total. The van der Waals surface area contributed by atoms with Crippen LogP contribution in [0, 0.1) is 11.7 Å². The highest BCUT2D eigenvalue weighted by Crippen LogP contribution is 2.30. The standard InChI is InChI=1S/C29H32Cl2FN3O4S/c1-20(2)17-33-29(37)27(15-21-7-5-4-6-8-21)34(18-22-9-12-24(32)13-10-22)28(36)19-35(40(3,38)39)26-14-11-23(30)16-25(26)31/h4-14,16,20,27H,15,17-19H2,1-3H3,(H,33,37). The summed E-state index contributed by atoms with van der Waals surface area (Å²) in [5.41, 5.74) is 1.46. The van der Waals surface area contributed by atoms with Crippen LogP contribution in [0.1, 0.15) is 25.0 Å². The molecule has 40 heavy (non-hydrogen) atoms. The fourth-order valence-corrected chi connectivity index (χ4v) is 5.46. The third-order valence-electron chi connectivity index (χ3n) is 6.08. The Morgan fingerprint density at radius 2 is 1.60 bits per heavy atom. The van der Waals surface area contributed by atoms with Gasteiger partial charge < -0.3 is 10.2 Å². The molecule has 2 amide bonds.